The molecule has 0 aliphatic carbocycles. The van der Waals surface area contributed by atoms with E-state index < -0.39 is 0 Å². The van der Waals surface area contributed by atoms with Gasteiger partial charge in [0, 0.05) is 39.2 Å². The molecular formula is C23H38IN5O. The van der Waals surface area contributed by atoms with E-state index in [1.54, 1.807) is 0 Å². The van der Waals surface area contributed by atoms with Crippen LogP contribution in [0.2, 0.25) is 0 Å². The molecular weight excluding hydrogens is 489 g/mol. The summed E-state index contributed by atoms with van der Waals surface area (Å²) in [6.07, 6.45) is 3.65. The fourth-order valence-electron chi connectivity index (χ4n) is 4.38. The van der Waals surface area contributed by atoms with Crippen LogP contribution in [0.25, 0.3) is 11.0 Å². The number of nitrogens with one attached hydrogen (secondary N) is 2. The van der Waals surface area contributed by atoms with E-state index in [1.807, 2.05) is 13.1 Å². The van der Waals surface area contributed by atoms with Crippen LogP contribution in [0.4, 0.5) is 0 Å². The van der Waals surface area contributed by atoms with Gasteiger partial charge in [0.05, 0.1) is 17.1 Å². The van der Waals surface area contributed by atoms with Gasteiger partial charge in [0.2, 0.25) is 0 Å². The number of hydrogen-bond donors (Lipinski definition) is 2. The predicted molar refractivity (Wildman–Crippen MR) is 136 cm³/mol. The average molecular weight is 527 g/mol. The van der Waals surface area contributed by atoms with E-state index in [-0.39, 0.29) is 29.4 Å². The number of aromatic nitrogens is 2. The Balaban J connectivity index is 0.00000320. The molecule has 0 radical (unpaired) electrons. The first-order chi connectivity index (χ1) is 13.9. The van der Waals surface area contributed by atoms with E-state index in [4.69, 9.17) is 4.74 Å². The molecule has 0 spiro atoms. The monoisotopic (exact) mass is 527 g/mol. The van der Waals surface area contributed by atoms with Crippen molar-refractivity contribution in [2.75, 3.05) is 26.7 Å². The van der Waals surface area contributed by atoms with Gasteiger partial charge in [-0.1, -0.05) is 32.9 Å². The maximum atomic E-state index is 6.10. The van der Waals surface area contributed by atoms with Gasteiger partial charge >= 0.3 is 0 Å². The van der Waals surface area contributed by atoms with Crippen molar-refractivity contribution in [3.05, 3.63) is 30.1 Å². The lowest BCUT2D eigenvalue weighted by Gasteiger charge is -2.40. The third-order valence-corrected chi connectivity index (χ3v) is 5.75. The van der Waals surface area contributed by atoms with Gasteiger partial charge in [-0.05, 0) is 43.7 Å². The van der Waals surface area contributed by atoms with Gasteiger partial charge in [0.15, 0.2) is 5.96 Å². The highest BCUT2D eigenvalue weighted by Crippen LogP contribution is 2.33. The van der Waals surface area contributed by atoms with E-state index in [1.165, 1.54) is 11.9 Å². The first-order valence-electron chi connectivity index (χ1n) is 10.9. The highest BCUT2D eigenvalue weighted by Gasteiger charge is 2.35. The second kappa shape index (κ2) is 11.3. The third kappa shape index (κ3) is 6.33. The van der Waals surface area contributed by atoms with Crippen molar-refractivity contribution in [3.8, 4) is 0 Å². The Kier molecular flexibility index (Phi) is 9.40. The SMILES string of the molecule is CN=C(NCCCn1c(C)nc2ccccc21)NCC1CCCOC1C(C)(C)C.I. The molecule has 2 aromatic rings. The van der Waals surface area contributed by atoms with Crippen molar-refractivity contribution in [1.29, 1.82) is 0 Å². The van der Waals surface area contributed by atoms with Crippen molar-refractivity contribution in [2.45, 2.75) is 59.6 Å². The van der Waals surface area contributed by atoms with Crippen LogP contribution in [0.15, 0.2) is 29.3 Å². The first kappa shape index (κ1) is 24.9. The van der Waals surface area contributed by atoms with Crippen molar-refractivity contribution in [2.24, 2.45) is 16.3 Å². The van der Waals surface area contributed by atoms with Crippen LogP contribution in [0, 0.1) is 18.3 Å². The predicted octanol–water partition coefficient (Wildman–Crippen LogP) is 4.36. The summed E-state index contributed by atoms with van der Waals surface area (Å²) in [6.45, 7) is 12.5. The Morgan fingerprint density at radius 3 is 2.77 bits per heavy atom. The lowest BCUT2D eigenvalue weighted by molar-refractivity contribution is -0.0835. The molecule has 2 heterocycles. The maximum Gasteiger partial charge on any atom is 0.190 e. The number of rotatable bonds is 6. The zero-order chi connectivity index (χ0) is 20.9. The number of guanidine groups is 1. The van der Waals surface area contributed by atoms with Crippen molar-refractivity contribution >= 4 is 41.0 Å². The minimum Gasteiger partial charge on any atom is -0.377 e. The molecule has 1 saturated heterocycles. The Hall–Kier alpha value is -1.35. The number of hydrogen-bond acceptors (Lipinski definition) is 3. The fourth-order valence-corrected chi connectivity index (χ4v) is 4.38. The zero-order valence-corrected chi connectivity index (χ0v) is 21.4. The standard InChI is InChI=1S/C23H37N5O.HI/c1-17-27-19-11-6-7-12-20(19)28(17)14-9-13-25-22(24-5)26-16-18-10-8-15-29-21(18)23(2,3)4;/h6-7,11-12,18,21H,8-10,13-16H2,1-5H3,(H2,24,25,26);1H. The number of para-hydroxylation sites is 2. The number of benzene rings is 1. The molecule has 6 nitrogen and oxygen atoms in total. The molecule has 1 aliphatic heterocycles. The molecule has 168 valence electrons. The summed E-state index contributed by atoms with van der Waals surface area (Å²) in [5, 5.41) is 6.97. The topological polar surface area (TPSA) is 63.5 Å². The van der Waals surface area contributed by atoms with Crippen molar-refractivity contribution in [3.63, 3.8) is 0 Å². The normalized spacial score (nSPS) is 20.1. The van der Waals surface area contributed by atoms with Gasteiger partial charge in [0.25, 0.3) is 0 Å². The summed E-state index contributed by atoms with van der Waals surface area (Å²) in [5.41, 5.74) is 2.44. The molecule has 7 heteroatoms. The van der Waals surface area contributed by atoms with Crippen LogP contribution < -0.4 is 10.6 Å². The Labute approximate surface area is 198 Å². The van der Waals surface area contributed by atoms with Crippen LogP contribution in [0.3, 0.4) is 0 Å². The van der Waals surface area contributed by atoms with Crippen molar-refractivity contribution < 1.29 is 4.74 Å². The van der Waals surface area contributed by atoms with E-state index in [0.29, 0.717) is 12.0 Å². The van der Waals surface area contributed by atoms with Crippen LogP contribution in [0.5, 0.6) is 0 Å². The number of halogens is 1. The number of nitrogens with zero attached hydrogens (tertiary/aromatic N) is 3. The Morgan fingerprint density at radius 1 is 1.27 bits per heavy atom. The number of aliphatic imine (C=N–C) groups is 1. The molecule has 1 fully saturated rings. The summed E-state index contributed by atoms with van der Waals surface area (Å²) in [7, 11) is 1.83. The van der Waals surface area contributed by atoms with E-state index in [2.05, 4.69) is 71.1 Å². The zero-order valence-electron chi connectivity index (χ0n) is 19.1. The molecule has 0 amide bonds. The molecule has 0 bridgehead atoms. The lowest BCUT2D eigenvalue weighted by atomic mass is 9.78. The van der Waals surface area contributed by atoms with Crippen LogP contribution in [-0.2, 0) is 11.3 Å². The molecule has 2 unspecified atom stereocenters. The van der Waals surface area contributed by atoms with Gasteiger partial charge < -0.3 is 19.9 Å². The highest BCUT2D eigenvalue weighted by atomic mass is 127. The minimum absolute atomic E-state index is 0. The lowest BCUT2D eigenvalue weighted by Crippen LogP contribution is -2.47. The van der Waals surface area contributed by atoms with Crippen LogP contribution in [0.1, 0.15) is 45.9 Å². The molecule has 1 aliphatic rings. The fraction of sp³-hybridized carbons (Fsp3) is 0.652. The van der Waals surface area contributed by atoms with Gasteiger partial charge in [-0.3, -0.25) is 4.99 Å². The molecule has 0 saturated carbocycles. The van der Waals surface area contributed by atoms with Crippen LogP contribution in [-0.4, -0.2) is 48.4 Å². The quantitative estimate of drug-likeness (QED) is 0.254. The second-order valence-electron chi connectivity index (χ2n) is 9.09. The largest absolute Gasteiger partial charge is 0.377 e. The van der Waals surface area contributed by atoms with E-state index in [9.17, 15) is 0 Å². The van der Waals surface area contributed by atoms with E-state index >= 15 is 0 Å². The number of aryl methyl sites for hydroxylation is 2. The van der Waals surface area contributed by atoms with E-state index in [0.717, 1.165) is 56.4 Å². The summed E-state index contributed by atoms with van der Waals surface area (Å²) in [6, 6.07) is 8.32. The maximum absolute atomic E-state index is 6.10. The van der Waals surface area contributed by atoms with Gasteiger partial charge in [-0.15, -0.1) is 24.0 Å². The number of imidazole rings is 1. The smallest absolute Gasteiger partial charge is 0.190 e. The second-order valence-corrected chi connectivity index (χ2v) is 9.09. The Morgan fingerprint density at radius 2 is 2.03 bits per heavy atom. The summed E-state index contributed by atoms with van der Waals surface area (Å²) in [5.74, 6) is 2.46. The molecule has 2 N–H and O–H groups in total. The number of fused-ring (bicyclic) bond motifs is 1. The molecule has 1 aromatic carbocycles. The molecule has 1 aromatic heterocycles. The molecule has 2 atom stereocenters. The highest BCUT2D eigenvalue weighted by molar-refractivity contribution is 14.0. The van der Waals surface area contributed by atoms with Crippen LogP contribution >= 0.6 is 24.0 Å². The molecule has 30 heavy (non-hydrogen) atoms. The van der Waals surface area contributed by atoms with Gasteiger partial charge in [-0.2, -0.15) is 0 Å². The van der Waals surface area contributed by atoms with Gasteiger partial charge in [-0.25, -0.2) is 4.98 Å². The van der Waals surface area contributed by atoms with Crippen molar-refractivity contribution in [1.82, 2.24) is 20.2 Å². The summed E-state index contributed by atoms with van der Waals surface area (Å²) >= 11 is 0. The summed E-state index contributed by atoms with van der Waals surface area (Å²) < 4.78 is 8.39. The minimum atomic E-state index is 0. The number of ether oxygens (including phenoxy) is 1. The summed E-state index contributed by atoms with van der Waals surface area (Å²) in [4.78, 5) is 9.04. The Bertz CT molecular complexity index is 827. The molecule has 3 rings (SSSR count). The first-order valence-corrected chi connectivity index (χ1v) is 10.9. The van der Waals surface area contributed by atoms with Gasteiger partial charge in [0.1, 0.15) is 5.82 Å². The third-order valence-electron chi connectivity index (χ3n) is 5.75. The average Bonchev–Trinajstić information content (AvgIpc) is 3.02.